The molecule has 1 aliphatic carbocycles. The molecule has 2 amide bonds. The molecule has 0 heterocycles. The Morgan fingerprint density at radius 2 is 1.88 bits per heavy atom. The van der Waals surface area contributed by atoms with Crippen molar-refractivity contribution < 1.29 is 28.9 Å². The summed E-state index contributed by atoms with van der Waals surface area (Å²) in [6, 6.07) is 5.85. The van der Waals surface area contributed by atoms with Crippen LogP contribution in [-0.4, -0.2) is 69.5 Å². The Bertz CT molecular complexity index is 1270. The van der Waals surface area contributed by atoms with Crippen LogP contribution in [0.15, 0.2) is 29.1 Å². The van der Waals surface area contributed by atoms with Crippen LogP contribution in [-0.2, 0) is 16.0 Å². The van der Waals surface area contributed by atoms with Crippen LogP contribution in [0.4, 0.5) is 5.69 Å². The van der Waals surface area contributed by atoms with E-state index in [1.54, 1.807) is 32.0 Å². The molecule has 4 N–H and O–H groups in total. The van der Waals surface area contributed by atoms with Gasteiger partial charge in [0.05, 0.1) is 33.1 Å². The number of aliphatic hydroxyl groups excluding tert-OH is 1. The lowest BCUT2D eigenvalue weighted by Crippen LogP contribution is -2.41. The number of aliphatic hydroxyl groups is 1. The summed E-state index contributed by atoms with van der Waals surface area (Å²) in [7, 11) is 4.64. The number of amides is 2. The Hall–Kier alpha value is -3.44. The highest BCUT2D eigenvalue weighted by Gasteiger charge is 2.29. The van der Waals surface area contributed by atoms with Crippen molar-refractivity contribution in [2.45, 2.75) is 44.7 Å². The maximum atomic E-state index is 13.6. The first-order chi connectivity index (χ1) is 19.3. The summed E-state index contributed by atoms with van der Waals surface area (Å²) >= 11 is 1.61. The lowest BCUT2D eigenvalue weighted by molar-refractivity contribution is -0.122. The molecule has 2 atom stereocenters. The second-order valence-electron chi connectivity index (χ2n) is 9.44. The number of benzene rings is 1. The van der Waals surface area contributed by atoms with Crippen LogP contribution < -0.4 is 35.6 Å². The van der Waals surface area contributed by atoms with E-state index in [4.69, 9.17) is 19.3 Å². The van der Waals surface area contributed by atoms with Crippen molar-refractivity contribution in [2.24, 2.45) is 0 Å². The zero-order valence-electron chi connectivity index (χ0n) is 23.7. The molecular formula is C29H39N3O7S. The average Bonchev–Trinajstić information content (AvgIpc) is 3.18. The Balaban J connectivity index is 2.19. The molecule has 0 saturated carbocycles. The third-order valence-electron chi connectivity index (χ3n) is 6.81. The molecule has 0 aliphatic heterocycles. The zero-order chi connectivity index (χ0) is 29.2. The molecule has 2 aromatic carbocycles. The number of carbonyl (C=O) groups is 2. The third-order valence-corrected chi connectivity index (χ3v) is 7.45. The van der Waals surface area contributed by atoms with E-state index in [1.807, 2.05) is 18.4 Å². The molecule has 40 heavy (non-hydrogen) atoms. The maximum Gasteiger partial charge on any atom is 0.242 e. The molecule has 0 saturated heterocycles. The summed E-state index contributed by atoms with van der Waals surface area (Å²) in [5, 5.41) is 18.0. The quantitative estimate of drug-likeness (QED) is 0.267. The minimum atomic E-state index is -0.640. The fourth-order valence-electron chi connectivity index (χ4n) is 4.93. The topological polar surface area (TPSA) is 135 Å². The number of hydrogen-bond acceptors (Lipinski definition) is 9. The summed E-state index contributed by atoms with van der Waals surface area (Å²) in [6.45, 7) is 1.77. The van der Waals surface area contributed by atoms with E-state index in [0.717, 1.165) is 11.1 Å². The lowest BCUT2D eigenvalue weighted by Gasteiger charge is -2.19. The molecule has 0 radical (unpaired) electrons. The number of nitrogens with one attached hydrogen (secondary N) is 3. The molecule has 0 unspecified atom stereocenters. The van der Waals surface area contributed by atoms with E-state index in [-0.39, 0.29) is 29.5 Å². The Labute approximate surface area is 239 Å². The minimum Gasteiger partial charge on any atom is -0.493 e. The number of fused-ring (bicyclic) bond motifs is 3. The number of methoxy groups -OCH3 is 3. The summed E-state index contributed by atoms with van der Waals surface area (Å²) in [5.74, 6) is 1.68. The summed E-state index contributed by atoms with van der Waals surface area (Å²) in [4.78, 5) is 38.7. The Kier molecular flexibility index (Phi) is 11.5. The summed E-state index contributed by atoms with van der Waals surface area (Å²) < 4.78 is 17.0. The molecule has 10 nitrogen and oxygen atoms in total. The maximum absolute atomic E-state index is 13.6. The second-order valence-corrected chi connectivity index (χ2v) is 10.4. The molecule has 1 aliphatic rings. The highest BCUT2D eigenvalue weighted by molar-refractivity contribution is 7.98. The van der Waals surface area contributed by atoms with Gasteiger partial charge in [-0.05, 0) is 72.6 Å². The molecule has 218 valence electrons. The molecular weight excluding hydrogens is 534 g/mol. The Morgan fingerprint density at radius 1 is 1.12 bits per heavy atom. The smallest absolute Gasteiger partial charge is 0.242 e. The van der Waals surface area contributed by atoms with E-state index in [9.17, 15) is 14.4 Å². The molecule has 11 heteroatoms. The van der Waals surface area contributed by atoms with Crippen molar-refractivity contribution in [1.29, 1.82) is 0 Å². The van der Waals surface area contributed by atoms with Gasteiger partial charge in [-0.3, -0.25) is 14.4 Å². The second kappa shape index (κ2) is 14.8. The number of thioether (sulfide) groups is 1. The van der Waals surface area contributed by atoms with Gasteiger partial charge in [0.1, 0.15) is 6.04 Å². The fraction of sp³-hybridized carbons (Fsp3) is 0.483. The van der Waals surface area contributed by atoms with Crippen LogP contribution >= 0.6 is 11.8 Å². The van der Waals surface area contributed by atoms with Gasteiger partial charge in [-0.2, -0.15) is 11.8 Å². The van der Waals surface area contributed by atoms with Crippen LogP contribution in [0.5, 0.6) is 17.2 Å². The van der Waals surface area contributed by atoms with Crippen LogP contribution in [0.3, 0.4) is 0 Å². The van der Waals surface area contributed by atoms with E-state index in [0.29, 0.717) is 66.4 Å². The van der Waals surface area contributed by atoms with E-state index in [2.05, 4.69) is 16.0 Å². The monoisotopic (exact) mass is 573 g/mol. The molecule has 0 spiro atoms. The van der Waals surface area contributed by atoms with Crippen molar-refractivity contribution in [2.75, 3.05) is 51.8 Å². The van der Waals surface area contributed by atoms with Gasteiger partial charge in [0.25, 0.3) is 0 Å². The van der Waals surface area contributed by atoms with Gasteiger partial charge in [0, 0.05) is 25.6 Å². The molecule has 3 rings (SSSR count). The van der Waals surface area contributed by atoms with Crippen molar-refractivity contribution in [3.05, 3.63) is 45.6 Å². The highest BCUT2D eigenvalue weighted by atomic mass is 32.2. The van der Waals surface area contributed by atoms with Gasteiger partial charge >= 0.3 is 0 Å². The average molecular weight is 574 g/mol. The third kappa shape index (κ3) is 7.19. The van der Waals surface area contributed by atoms with Crippen LogP contribution in [0, 0.1) is 0 Å². The van der Waals surface area contributed by atoms with Gasteiger partial charge in [0.2, 0.25) is 23.0 Å². The Morgan fingerprint density at radius 3 is 2.50 bits per heavy atom. The van der Waals surface area contributed by atoms with Gasteiger partial charge in [-0.1, -0.05) is 6.07 Å². The SMILES string of the molecule is COc1cc2c(c(OC)c1OC)-c1ccc(N[C@H](CCSC)C(=O)NCCCO)c(=O)cc1[C@H](NC(C)=O)CC2. The first-order valence-electron chi connectivity index (χ1n) is 13.2. The largest absolute Gasteiger partial charge is 0.493 e. The van der Waals surface area contributed by atoms with Crippen molar-refractivity contribution >= 4 is 29.3 Å². The summed E-state index contributed by atoms with van der Waals surface area (Å²) in [6.07, 6.45) is 4.05. The van der Waals surface area contributed by atoms with Gasteiger partial charge in [-0.25, -0.2) is 0 Å². The van der Waals surface area contributed by atoms with Crippen molar-refractivity contribution in [1.82, 2.24) is 10.6 Å². The first kappa shape index (κ1) is 31.1. The number of aryl methyl sites for hydroxylation is 1. The molecule has 0 fully saturated rings. The molecule has 0 aromatic heterocycles. The van der Waals surface area contributed by atoms with Crippen LogP contribution in [0.2, 0.25) is 0 Å². The highest BCUT2D eigenvalue weighted by Crippen LogP contribution is 2.50. The molecule has 0 bridgehead atoms. The number of anilines is 1. The van der Waals surface area contributed by atoms with Crippen LogP contribution in [0.1, 0.15) is 43.4 Å². The number of hydrogen-bond donors (Lipinski definition) is 4. The number of ether oxygens (including phenoxy) is 3. The predicted octanol–water partition coefficient (Wildman–Crippen LogP) is 2.90. The first-order valence-corrected chi connectivity index (χ1v) is 14.6. The minimum absolute atomic E-state index is 0.0228. The normalized spacial score (nSPS) is 14.6. The van der Waals surface area contributed by atoms with Crippen molar-refractivity contribution in [3.8, 4) is 28.4 Å². The predicted molar refractivity (Wildman–Crippen MR) is 158 cm³/mol. The zero-order valence-corrected chi connectivity index (χ0v) is 24.5. The molecule has 2 aromatic rings. The summed E-state index contributed by atoms with van der Waals surface area (Å²) in [5.41, 5.74) is 2.99. The van der Waals surface area contributed by atoms with Gasteiger partial charge in [-0.15, -0.1) is 0 Å². The van der Waals surface area contributed by atoms with E-state index >= 15 is 0 Å². The standard InChI is InChI=1S/C29H39N3O7S/c1-17(34)31-21-9-7-18-15-25(37-2)27(38-3)28(39-4)26(18)19-8-10-22(24(35)16-20(19)21)32-23(11-14-40-5)29(36)30-12-6-13-33/h8,10,15-16,21,23,33H,6-7,9,11-14H2,1-5H3,(H,30,36)(H,31,34)(H,32,35)/t21-,23-/m1/s1. The van der Waals surface area contributed by atoms with E-state index < -0.39 is 12.1 Å². The van der Waals surface area contributed by atoms with Gasteiger partial charge < -0.3 is 35.3 Å². The van der Waals surface area contributed by atoms with E-state index in [1.165, 1.54) is 20.1 Å². The van der Waals surface area contributed by atoms with Crippen molar-refractivity contribution in [3.63, 3.8) is 0 Å². The number of carbonyl (C=O) groups excluding carboxylic acids is 2. The lowest BCUT2D eigenvalue weighted by atomic mass is 9.95. The fourth-order valence-corrected chi connectivity index (χ4v) is 5.40. The van der Waals surface area contributed by atoms with Crippen LogP contribution in [0.25, 0.3) is 11.1 Å². The van der Waals surface area contributed by atoms with Gasteiger partial charge in [0.15, 0.2) is 11.5 Å². The number of rotatable bonds is 13.